The Morgan fingerprint density at radius 3 is 2.56 bits per heavy atom. The summed E-state index contributed by atoms with van der Waals surface area (Å²) in [5, 5.41) is 10.8. The fraction of sp³-hybridized carbons (Fsp3) is 0.364. The van der Waals surface area contributed by atoms with Crippen molar-refractivity contribution in [2.24, 2.45) is 5.92 Å². The van der Waals surface area contributed by atoms with Crippen LogP contribution in [-0.4, -0.2) is 15.5 Å². The number of hydrogen-bond acceptors (Lipinski definition) is 4. The zero-order valence-corrected chi connectivity index (χ0v) is 16.2. The minimum Gasteiger partial charge on any atom is -0.493 e. The molecule has 1 unspecified atom stereocenters. The normalized spacial score (nSPS) is 20.0. The summed E-state index contributed by atoms with van der Waals surface area (Å²) in [5.74, 6) is 0.451. The van der Waals surface area contributed by atoms with E-state index in [9.17, 15) is 14.7 Å². The number of aromatic hydroxyl groups is 1. The molecular weight excluding hydrogens is 358 g/mol. The first kappa shape index (κ1) is 18.0. The number of rotatable bonds is 3. The molecule has 0 spiro atoms. The van der Waals surface area contributed by atoms with Crippen LogP contribution in [0.25, 0.3) is 11.6 Å². The average molecular weight is 381 g/mol. The van der Waals surface area contributed by atoms with Gasteiger partial charge in [-0.2, -0.15) is 0 Å². The highest BCUT2D eigenvalue weighted by molar-refractivity contribution is 7.10. The molecule has 27 heavy (non-hydrogen) atoms. The van der Waals surface area contributed by atoms with Crippen LogP contribution in [0.2, 0.25) is 0 Å². The number of fused-ring (bicyclic) bond motifs is 1. The molecule has 5 heteroatoms. The smallest absolute Gasteiger partial charge is 0.310 e. The zero-order chi connectivity index (χ0) is 19.0. The second kappa shape index (κ2) is 7.31. The van der Waals surface area contributed by atoms with Gasteiger partial charge in [0.15, 0.2) is 5.78 Å². The molecule has 4 rings (SSSR count). The second-order valence-electron chi connectivity index (χ2n) is 7.41. The third-order valence-corrected chi connectivity index (χ3v) is 6.68. The molecule has 1 atom stereocenters. The number of ketones is 1. The van der Waals surface area contributed by atoms with Crippen molar-refractivity contribution in [1.82, 2.24) is 4.57 Å². The predicted octanol–water partition coefficient (Wildman–Crippen LogP) is 5.05. The maximum Gasteiger partial charge on any atom is 0.310 e. The fourth-order valence-electron chi connectivity index (χ4n) is 4.24. The van der Waals surface area contributed by atoms with Gasteiger partial charge in [0, 0.05) is 11.6 Å². The molecule has 1 heterocycles. The second-order valence-corrected chi connectivity index (χ2v) is 8.40. The van der Waals surface area contributed by atoms with Crippen LogP contribution in [0, 0.1) is 5.92 Å². The topological polar surface area (TPSA) is 59.3 Å². The lowest BCUT2D eigenvalue weighted by molar-refractivity contribution is 0.104. The third-order valence-electron chi connectivity index (χ3n) is 5.79. The van der Waals surface area contributed by atoms with Crippen molar-refractivity contribution in [3.05, 3.63) is 62.1 Å². The summed E-state index contributed by atoms with van der Waals surface area (Å²) in [6.07, 6.45) is 11.0. The average Bonchev–Trinajstić information content (AvgIpc) is 2.97. The highest BCUT2D eigenvalue weighted by Gasteiger charge is 2.26. The Morgan fingerprint density at radius 1 is 1.11 bits per heavy atom. The van der Waals surface area contributed by atoms with Crippen LogP contribution in [0.15, 0.2) is 41.2 Å². The molecule has 0 radical (unpaired) electrons. The van der Waals surface area contributed by atoms with Gasteiger partial charge in [0.05, 0.1) is 4.88 Å². The summed E-state index contributed by atoms with van der Waals surface area (Å²) in [7, 11) is 0. The highest BCUT2D eigenvalue weighted by atomic mass is 32.1. The van der Waals surface area contributed by atoms with Crippen LogP contribution in [0.3, 0.4) is 0 Å². The molecule has 0 aliphatic heterocycles. The maximum absolute atomic E-state index is 12.6. The number of allylic oxidation sites excluding steroid dienone is 3. The predicted molar refractivity (Wildman–Crippen MR) is 109 cm³/mol. The Kier molecular flexibility index (Phi) is 4.87. The lowest BCUT2D eigenvalue weighted by Crippen LogP contribution is -2.25. The van der Waals surface area contributed by atoms with Crippen molar-refractivity contribution in [2.45, 2.75) is 45.1 Å². The number of aromatic nitrogens is 1. The summed E-state index contributed by atoms with van der Waals surface area (Å²) in [6, 6.07) is 7.41. The fourth-order valence-corrected chi connectivity index (χ4v) is 5.15. The molecule has 1 aromatic carbocycles. The Morgan fingerprint density at radius 2 is 1.81 bits per heavy atom. The van der Waals surface area contributed by atoms with E-state index in [2.05, 4.69) is 0 Å². The van der Waals surface area contributed by atoms with Crippen LogP contribution >= 0.6 is 11.3 Å². The molecule has 140 valence electrons. The van der Waals surface area contributed by atoms with Crippen LogP contribution in [0.5, 0.6) is 5.88 Å². The lowest BCUT2D eigenvalue weighted by Gasteiger charge is -2.28. The Hall–Kier alpha value is -2.40. The molecule has 1 N–H and O–H groups in total. The molecule has 2 aromatic rings. The molecule has 0 bridgehead atoms. The third kappa shape index (κ3) is 3.32. The van der Waals surface area contributed by atoms with Crippen LogP contribution in [0.4, 0.5) is 0 Å². The van der Waals surface area contributed by atoms with Crippen molar-refractivity contribution < 1.29 is 9.90 Å². The van der Waals surface area contributed by atoms with E-state index in [4.69, 9.17) is 0 Å². The molecule has 0 amide bonds. The summed E-state index contributed by atoms with van der Waals surface area (Å²) >= 11 is 1.06. The van der Waals surface area contributed by atoms with Gasteiger partial charge in [-0.25, -0.2) is 0 Å². The molecule has 2 aliphatic rings. The van der Waals surface area contributed by atoms with Gasteiger partial charge in [-0.15, -0.1) is 0 Å². The van der Waals surface area contributed by atoms with E-state index in [1.807, 2.05) is 31.2 Å². The lowest BCUT2D eigenvalue weighted by atomic mass is 9.84. The minimum atomic E-state index is -0.124. The van der Waals surface area contributed by atoms with E-state index >= 15 is 0 Å². The largest absolute Gasteiger partial charge is 0.493 e. The molecular formula is C22H23NO3S. The van der Waals surface area contributed by atoms with Crippen LogP contribution < -0.4 is 4.87 Å². The quantitative estimate of drug-likeness (QED) is 0.809. The van der Waals surface area contributed by atoms with Crippen molar-refractivity contribution >= 4 is 28.8 Å². The molecule has 1 aromatic heterocycles. The number of benzene rings is 1. The van der Waals surface area contributed by atoms with Gasteiger partial charge in [0.2, 0.25) is 5.88 Å². The SMILES string of the molecule is CC(C1CCCCC1)n1c(O)c(C=C2C=CC(=O)c3ccccc32)sc1=O. The van der Waals surface area contributed by atoms with Gasteiger partial charge in [0.1, 0.15) is 0 Å². The molecule has 4 nitrogen and oxygen atoms in total. The van der Waals surface area contributed by atoms with Gasteiger partial charge in [-0.3, -0.25) is 14.2 Å². The first-order valence-electron chi connectivity index (χ1n) is 9.54. The Balaban J connectivity index is 1.72. The summed E-state index contributed by atoms with van der Waals surface area (Å²) in [6.45, 7) is 2.04. The van der Waals surface area contributed by atoms with Crippen molar-refractivity contribution in [1.29, 1.82) is 0 Å². The van der Waals surface area contributed by atoms with E-state index in [1.165, 1.54) is 25.3 Å². The molecule has 1 fully saturated rings. The van der Waals surface area contributed by atoms with Crippen LogP contribution in [-0.2, 0) is 0 Å². The van der Waals surface area contributed by atoms with Crippen molar-refractivity contribution in [2.75, 3.05) is 0 Å². The number of carbonyl (C=O) groups excluding carboxylic acids is 1. The Labute approximate surface area is 162 Å². The first-order valence-corrected chi connectivity index (χ1v) is 10.4. The van der Waals surface area contributed by atoms with E-state index in [-0.39, 0.29) is 22.6 Å². The summed E-state index contributed by atoms with van der Waals surface area (Å²) in [4.78, 5) is 25.1. The van der Waals surface area contributed by atoms with Gasteiger partial charge >= 0.3 is 4.87 Å². The number of hydrogen-bond donors (Lipinski definition) is 1. The Bertz CT molecular complexity index is 989. The summed E-state index contributed by atoms with van der Waals surface area (Å²) in [5.41, 5.74) is 2.31. The number of carbonyl (C=O) groups is 1. The molecule has 0 saturated heterocycles. The van der Waals surface area contributed by atoms with Crippen molar-refractivity contribution in [3.8, 4) is 5.88 Å². The minimum absolute atomic E-state index is 0.00281. The van der Waals surface area contributed by atoms with Gasteiger partial charge in [0.25, 0.3) is 0 Å². The first-order chi connectivity index (χ1) is 13.1. The van der Waals surface area contributed by atoms with E-state index < -0.39 is 0 Å². The highest BCUT2D eigenvalue weighted by Crippen LogP contribution is 2.37. The summed E-state index contributed by atoms with van der Waals surface area (Å²) < 4.78 is 1.55. The zero-order valence-electron chi connectivity index (χ0n) is 15.4. The van der Waals surface area contributed by atoms with E-state index in [0.717, 1.165) is 35.3 Å². The van der Waals surface area contributed by atoms with Gasteiger partial charge in [-0.1, -0.05) is 60.9 Å². The monoisotopic (exact) mass is 381 g/mol. The van der Waals surface area contributed by atoms with Gasteiger partial charge in [-0.05, 0) is 49.0 Å². The maximum atomic E-state index is 12.6. The van der Waals surface area contributed by atoms with E-state index in [0.29, 0.717) is 16.4 Å². The number of nitrogens with zero attached hydrogens (tertiary/aromatic N) is 1. The van der Waals surface area contributed by atoms with Crippen molar-refractivity contribution in [3.63, 3.8) is 0 Å². The van der Waals surface area contributed by atoms with Crippen LogP contribution in [0.1, 0.15) is 65.9 Å². The standard InChI is InChI=1S/C22H23NO3S/c1-14(15-7-3-2-4-8-15)23-21(25)20(27-22(23)26)13-16-11-12-19(24)18-10-6-5-9-17(16)18/h5-6,9-15,25H,2-4,7-8H2,1H3. The molecule has 1 saturated carbocycles. The van der Waals surface area contributed by atoms with E-state index in [1.54, 1.807) is 16.7 Å². The van der Waals surface area contributed by atoms with Gasteiger partial charge < -0.3 is 5.11 Å². The number of thiazole rings is 1. The molecule has 2 aliphatic carbocycles.